The van der Waals surface area contributed by atoms with Crippen molar-refractivity contribution < 1.29 is 14.3 Å². The van der Waals surface area contributed by atoms with Gasteiger partial charge in [-0.3, -0.25) is 0 Å². The normalized spacial score (nSPS) is 13.2. The molecular weight excluding hydrogens is 372 g/mol. The van der Waals surface area contributed by atoms with Gasteiger partial charge in [0.25, 0.3) is 0 Å². The lowest BCUT2D eigenvalue weighted by atomic mass is 9.98. The lowest BCUT2D eigenvalue weighted by Crippen LogP contribution is -2.44. The van der Waals surface area contributed by atoms with Gasteiger partial charge in [-0.2, -0.15) is 0 Å². The molecule has 0 saturated heterocycles. The third-order valence-corrected chi connectivity index (χ3v) is 5.70. The Balaban J connectivity index is 1.43. The summed E-state index contributed by atoms with van der Waals surface area (Å²) in [6.45, 7) is 0.397. The van der Waals surface area contributed by atoms with Crippen LogP contribution in [-0.4, -0.2) is 17.7 Å². The molecule has 0 aliphatic heterocycles. The summed E-state index contributed by atoms with van der Waals surface area (Å²) < 4.78 is 5.42. The van der Waals surface area contributed by atoms with E-state index in [2.05, 4.69) is 10.6 Å². The third-order valence-electron chi connectivity index (χ3n) is 4.68. The molecule has 0 aliphatic rings. The minimum atomic E-state index is -1.41. The van der Waals surface area contributed by atoms with E-state index < -0.39 is 5.60 Å². The molecule has 0 fully saturated rings. The molecule has 2 aromatic carbocycles. The van der Waals surface area contributed by atoms with Gasteiger partial charge in [-0.05, 0) is 39.9 Å². The Morgan fingerprint density at radius 1 is 1.00 bits per heavy atom. The number of carbonyl (C=O) groups excluding carboxylic acids is 1. The molecule has 3 N–H and O–H groups in total. The summed E-state index contributed by atoms with van der Waals surface area (Å²) in [5.74, 6) is 0.393. The van der Waals surface area contributed by atoms with Crippen molar-refractivity contribution in [1.82, 2.24) is 10.6 Å². The van der Waals surface area contributed by atoms with E-state index in [1.54, 1.807) is 12.1 Å². The van der Waals surface area contributed by atoms with E-state index in [1.807, 2.05) is 60.0 Å². The number of rotatable bonds is 6. The standard InChI is InChI=1S/C22H20N2O3S/c25-21(23-14-17-8-3-7-16-6-1-2-9-18(16)17)24-15-22(26,19-10-4-12-27-19)20-11-5-13-28-20/h1-13,26H,14-15H2,(H2,23,24,25). The number of fused-ring (bicyclic) bond motifs is 1. The number of hydrogen-bond donors (Lipinski definition) is 3. The molecule has 2 amide bonds. The lowest BCUT2D eigenvalue weighted by Gasteiger charge is -2.25. The first-order valence-electron chi connectivity index (χ1n) is 8.95. The van der Waals surface area contributed by atoms with Crippen LogP contribution in [0.1, 0.15) is 16.2 Å². The Morgan fingerprint density at radius 3 is 2.64 bits per heavy atom. The fourth-order valence-corrected chi connectivity index (χ4v) is 4.04. The molecule has 5 nitrogen and oxygen atoms in total. The summed E-state index contributed by atoms with van der Waals surface area (Å²) in [6, 6.07) is 20.8. The molecule has 2 aromatic heterocycles. The van der Waals surface area contributed by atoms with E-state index in [9.17, 15) is 9.90 Å². The summed E-state index contributed by atoms with van der Waals surface area (Å²) in [5.41, 5.74) is -0.373. The summed E-state index contributed by atoms with van der Waals surface area (Å²) in [6.07, 6.45) is 1.51. The molecular formula is C22H20N2O3S. The molecule has 0 aliphatic carbocycles. The Kier molecular flexibility index (Phi) is 5.14. The maximum Gasteiger partial charge on any atom is 0.315 e. The Morgan fingerprint density at radius 2 is 1.86 bits per heavy atom. The number of aliphatic hydroxyl groups is 1. The highest BCUT2D eigenvalue weighted by Crippen LogP contribution is 2.32. The number of nitrogens with one attached hydrogen (secondary N) is 2. The molecule has 4 aromatic rings. The quantitative estimate of drug-likeness (QED) is 0.460. The summed E-state index contributed by atoms with van der Waals surface area (Å²) in [5, 5.41) is 20.9. The number of furan rings is 1. The first-order valence-corrected chi connectivity index (χ1v) is 9.83. The van der Waals surface area contributed by atoms with Crippen LogP contribution in [0.25, 0.3) is 10.8 Å². The molecule has 28 heavy (non-hydrogen) atoms. The van der Waals surface area contributed by atoms with Crippen molar-refractivity contribution >= 4 is 28.1 Å². The van der Waals surface area contributed by atoms with Gasteiger partial charge >= 0.3 is 6.03 Å². The first-order chi connectivity index (χ1) is 13.7. The SMILES string of the molecule is O=C(NCc1cccc2ccccc12)NCC(O)(c1ccco1)c1cccs1. The van der Waals surface area contributed by atoms with Crippen molar-refractivity contribution in [2.75, 3.05) is 6.54 Å². The fourth-order valence-electron chi connectivity index (χ4n) is 3.22. The van der Waals surface area contributed by atoms with Crippen LogP contribution in [0.5, 0.6) is 0 Å². The first kappa shape index (κ1) is 18.3. The zero-order valence-corrected chi connectivity index (χ0v) is 15.9. The van der Waals surface area contributed by atoms with E-state index in [1.165, 1.54) is 17.6 Å². The maximum atomic E-state index is 12.4. The highest BCUT2D eigenvalue weighted by molar-refractivity contribution is 7.10. The van der Waals surface area contributed by atoms with E-state index in [-0.39, 0.29) is 12.6 Å². The van der Waals surface area contributed by atoms with E-state index in [0.717, 1.165) is 16.3 Å². The van der Waals surface area contributed by atoms with Gasteiger partial charge in [-0.15, -0.1) is 11.3 Å². The van der Waals surface area contributed by atoms with Crippen LogP contribution in [0.3, 0.4) is 0 Å². The van der Waals surface area contributed by atoms with Crippen LogP contribution >= 0.6 is 11.3 Å². The molecule has 1 atom stereocenters. The van der Waals surface area contributed by atoms with E-state index in [0.29, 0.717) is 17.2 Å². The van der Waals surface area contributed by atoms with Crippen LogP contribution < -0.4 is 10.6 Å². The minimum absolute atomic E-state index is 0.00238. The molecule has 0 spiro atoms. The summed E-state index contributed by atoms with van der Waals surface area (Å²) in [4.78, 5) is 13.1. The number of hydrogen-bond acceptors (Lipinski definition) is 4. The van der Waals surface area contributed by atoms with Crippen LogP contribution in [0.15, 0.2) is 82.8 Å². The number of thiophene rings is 1. The lowest BCUT2D eigenvalue weighted by molar-refractivity contribution is 0.0623. The maximum absolute atomic E-state index is 12.4. The highest BCUT2D eigenvalue weighted by atomic mass is 32.1. The molecule has 142 valence electrons. The van der Waals surface area contributed by atoms with Gasteiger partial charge in [-0.1, -0.05) is 48.5 Å². The van der Waals surface area contributed by atoms with Crippen molar-refractivity contribution in [3.63, 3.8) is 0 Å². The molecule has 4 rings (SSSR count). The van der Waals surface area contributed by atoms with Gasteiger partial charge in [0.1, 0.15) is 5.76 Å². The molecule has 0 saturated carbocycles. The van der Waals surface area contributed by atoms with E-state index >= 15 is 0 Å². The van der Waals surface area contributed by atoms with E-state index in [4.69, 9.17) is 4.42 Å². The van der Waals surface area contributed by atoms with Crippen LogP contribution in [-0.2, 0) is 12.1 Å². The van der Waals surface area contributed by atoms with Crippen molar-refractivity contribution in [3.05, 3.63) is 94.6 Å². The average Bonchev–Trinajstić information content (AvgIpc) is 3.45. The van der Waals surface area contributed by atoms with Gasteiger partial charge in [0, 0.05) is 11.4 Å². The van der Waals surface area contributed by atoms with Crippen molar-refractivity contribution in [3.8, 4) is 0 Å². The van der Waals surface area contributed by atoms with Crippen molar-refractivity contribution in [2.45, 2.75) is 12.1 Å². The predicted molar refractivity (Wildman–Crippen MR) is 110 cm³/mol. The summed E-state index contributed by atoms with van der Waals surface area (Å²) in [7, 11) is 0. The molecule has 0 bridgehead atoms. The van der Waals surface area contributed by atoms with Crippen LogP contribution in [0.2, 0.25) is 0 Å². The minimum Gasteiger partial charge on any atom is -0.466 e. The average molecular weight is 392 g/mol. The van der Waals surface area contributed by atoms with Crippen molar-refractivity contribution in [2.24, 2.45) is 0 Å². The summed E-state index contributed by atoms with van der Waals surface area (Å²) >= 11 is 1.41. The molecule has 6 heteroatoms. The number of amides is 2. The third kappa shape index (κ3) is 3.65. The number of carbonyl (C=O) groups is 1. The Labute approximate surface area is 166 Å². The number of benzene rings is 2. The molecule has 1 unspecified atom stereocenters. The van der Waals surface area contributed by atoms with Gasteiger partial charge in [0.2, 0.25) is 0 Å². The number of urea groups is 1. The zero-order valence-electron chi connectivity index (χ0n) is 15.1. The smallest absolute Gasteiger partial charge is 0.315 e. The topological polar surface area (TPSA) is 74.5 Å². The van der Waals surface area contributed by atoms with Crippen molar-refractivity contribution in [1.29, 1.82) is 0 Å². The van der Waals surface area contributed by atoms with Crippen LogP contribution in [0, 0.1) is 0 Å². The zero-order chi connectivity index (χ0) is 19.4. The largest absolute Gasteiger partial charge is 0.466 e. The monoisotopic (exact) mass is 392 g/mol. The fraction of sp³-hybridized carbons (Fsp3) is 0.136. The molecule has 2 heterocycles. The highest BCUT2D eigenvalue weighted by Gasteiger charge is 2.36. The molecule has 0 radical (unpaired) electrons. The Hall–Kier alpha value is -3.09. The second-order valence-corrected chi connectivity index (χ2v) is 7.44. The Bertz CT molecular complexity index is 1020. The van der Waals surface area contributed by atoms with Gasteiger partial charge < -0.3 is 20.2 Å². The van der Waals surface area contributed by atoms with Gasteiger partial charge in [0.05, 0.1) is 12.8 Å². The predicted octanol–water partition coefficient (Wildman–Crippen LogP) is 4.23. The van der Waals surface area contributed by atoms with Gasteiger partial charge in [0.15, 0.2) is 5.60 Å². The second-order valence-electron chi connectivity index (χ2n) is 6.49. The van der Waals surface area contributed by atoms with Gasteiger partial charge in [-0.25, -0.2) is 4.79 Å². The second kappa shape index (κ2) is 7.88. The van der Waals surface area contributed by atoms with Crippen LogP contribution in [0.4, 0.5) is 4.79 Å².